The van der Waals surface area contributed by atoms with Crippen LogP contribution in [0.15, 0.2) is 53.7 Å². The second-order valence-electron chi connectivity index (χ2n) is 3.59. The number of hydrogen-bond acceptors (Lipinski definition) is 2. The first-order valence-corrected chi connectivity index (χ1v) is 5.71. The highest BCUT2D eigenvalue weighted by Gasteiger charge is 1.95. The third-order valence-corrected chi connectivity index (χ3v) is 2.56. The molecule has 18 heavy (non-hydrogen) atoms. The standard InChI is InChI=1S/C15H10ClNO/c16-15-7-3-4-12(10-15)8-9-13-5-1-2-6-14(13)11-17-18/h1-7,10-11,18H/b17-11+. The third-order valence-electron chi connectivity index (χ3n) is 2.32. The summed E-state index contributed by atoms with van der Waals surface area (Å²) >= 11 is 5.89. The molecule has 0 bridgehead atoms. The Labute approximate surface area is 111 Å². The van der Waals surface area contributed by atoms with Crippen LogP contribution >= 0.6 is 11.6 Å². The number of oxime groups is 1. The summed E-state index contributed by atoms with van der Waals surface area (Å²) in [6.45, 7) is 0. The summed E-state index contributed by atoms with van der Waals surface area (Å²) in [5, 5.41) is 12.3. The van der Waals surface area contributed by atoms with E-state index in [1.54, 1.807) is 12.1 Å². The molecule has 0 amide bonds. The largest absolute Gasteiger partial charge is 0.411 e. The Morgan fingerprint density at radius 1 is 1.06 bits per heavy atom. The van der Waals surface area contributed by atoms with Gasteiger partial charge in [-0.05, 0) is 24.3 Å². The number of rotatable bonds is 1. The SMILES string of the molecule is O/N=C/c1ccccc1C#Cc1cccc(Cl)c1. The summed E-state index contributed by atoms with van der Waals surface area (Å²) in [5.74, 6) is 6.05. The maximum atomic E-state index is 8.57. The molecule has 1 N–H and O–H groups in total. The van der Waals surface area contributed by atoms with Crippen molar-refractivity contribution in [2.24, 2.45) is 5.16 Å². The van der Waals surface area contributed by atoms with Gasteiger partial charge in [0, 0.05) is 21.7 Å². The molecule has 0 saturated carbocycles. The van der Waals surface area contributed by atoms with E-state index in [9.17, 15) is 0 Å². The van der Waals surface area contributed by atoms with Gasteiger partial charge in [-0.2, -0.15) is 0 Å². The van der Waals surface area contributed by atoms with Crippen LogP contribution in [0.25, 0.3) is 0 Å². The first-order valence-electron chi connectivity index (χ1n) is 5.33. The molecule has 0 aliphatic heterocycles. The molecule has 0 spiro atoms. The summed E-state index contributed by atoms with van der Waals surface area (Å²) in [7, 11) is 0. The summed E-state index contributed by atoms with van der Waals surface area (Å²) in [4.78, 5) is 0. The van der Waals surface area contributed by atoms with Crippen LogP contribution in [-0.4, -0.2) is 11.4 Å². The van der Waals surface area contributed by atoms with Crippen molar-refractivity contribution in [3.8, 4) is 11.8 Å². The van der Waals surface area contributed by atoms with E-state index in [2.05, 4.69) is 17.0 Å². The fraction of sp³-hybridized carbons (Fsp3) is 0. The summed E-state index contributed by atoms with van der Waals surface area (Å²) in [6.07, 6.45) is 1.36. The molecular weight excluding hydrogens is 246 g/mol. The van der Waals surface area contributed by atoms with E-state index in [1.165, 1.54) is 6.21 Å². The average Bonchev–Trinajstić information content (AvgIpc) is 2.38. The molecule has 3 heteroatoms. The van der Waals surface area contributed by atoms with Gasteiger partial charge in [-0.1, -0.05) is 52.9 Å². The number of nitrogens with zero attached hydrogens (tertiary/aromatic N) is 1. The lowest BCUT2D eigenvalue weighted by atomic mass is 10.1. The maximum Gasteiger partial charge on any atom is 0.0746 e. The van der Waals surface area contributed by atoms with Gasteiger partial charge in [0.25, 0.3) is 0 Å². The van der Waals surface area contributed by atoms with E-state index in [1.807, 2.05) is 36.4 Å². The molecule has 0 unspecified atom stereocenters. The molecule has 0 atom stereocenters. The van der Waals surface area contributed by atoms with Crippen LogP contribution in [0.1, 0.15) is 16.7 Å². The van der Waals surface area contributed by atoms with Gasteiger partial charge in [0.2, 0.25) is 0 Å². The second-order valence-corrected chi connectivity index (χ2v) is 4.03. The van der Waals surface area contributed by atoms with Crippen molar-refractivity contribution in [3.05, 3.63) is 70.2 Å². The highest BCUT2D eigenvalue weighted by Crippen LogP contribution is 2.10. The molecule has 0 aromatic heterocycles. The molecule has 2 aromatic rings. The van der Waals surface area contributed by atoms with E-state index in [0.717, 1.165) is 16.7 Å². The van der Waals surface area contributed by atoms with Crippen molar-refractivity contribution >= 4 is 17.8 Å². The Kier molecular flexibility index (Phi) is 4.01. The van der Waals surface area contributed by atoms with Crippen molar-refractivity contribution in [2.75, 3.05) is 0 Å². The molecule has 0 fully saturated rings. The fourth-order valence-electron chi connectivity index (χ4n) is 1.49. The summed E-state index contributed by atoms with van der Waals surface area (Å²) in [5.41, 5.74) is 2.42. The van der Waals surface area contributed by atoms with Gasteiger partial charge in [-0.15, -0.1) is 0 Å². The molecule has 0 heterocycles. The van der Waals surface area contributed by atoms with Crippen LogP contribution in [0.2, 0.25) is 5.02 Å². The minimum atomic E-state index is 0.659. The monoisotopic (exact) mass is 255 g/mol. The molecule has 2 aromatic carbocycles. The Hall–Kier alpha value is -2.24. The van der Waals surface area contributed by atoms with Crippen LogP contribution in [0, 0.1) is 11.8 Å². The number of benzene rings is 2. The molecule has 0 aliphatic rings. The summed E-state index contributed by atoms with van der Waals surface area (Å²) in [6, 6.07) is 14.8. The van der Waals surface area contributed by atoms with Crippen molar-refractivity contribution < 1.29 is 5.21 Å². The van der Waals surface area contributed by atoms with E-state index >= 15 is 0 Å². The molecule has 0 aliphatic carbocycles. The smallest absolute Gasteiger partial charge is 0.0746 e. The van der Waals surface area contributed by atoms with Gasteiger partial charge in [0.1, 0.15) is 0 Å². The van der Waals surface area contributed by atoms with Gasteiger partial charge in [-0.3, -0.25) is 0 Å². The first kappa shape index (κ1) is 12.2. The van der Waals surface area contributed by atoms with Crippen molar-refractivity contribution in [3.63, 3.8) is 0 Å². The quantitative estimate of drug-likeness (QED) is 0.359. The molecule has 2 rings (SSSR count). The van der Waals surface area contributed by atoms with Crippen molar-refractivity contribution in [1.82, 2.24) is 0 Å². The molecular formula is C15H10ClNO. The van der Waals surface area contributed by atoms with E-state index in [0.29, 0.717) is 5.02 Å². The zero-order valence-electron chi connectivity index (χ0n) is 9.47. The molecule has 88 valence electrons. The summed E-state index contributed by atoms with van der Waals surface area (Å²) < 4.78 is 0. The highest BCUT2D eigenvalue weighted by atomic mass is 35.5. The van der Waals surface area contributed by atoms with Crippen LogP contribution in [-0.2, 0) is 0 Å². The van der Waals surface area contributed by atoms with Crippen LogP contribution in [0.4, 0.5) is 0 Å². The minimum Gasteiger partial charge on any atom is -0.411 e. The van der Waals surface area contributed by atoms with Crippen molar-refractivity contribution in [1.29, 1.82) is 0 Å². The number of halogens is 1. The zero-order chi connectivity index (χ0) is 12.8. The van der Waals surface area contributed by atoms with Gasteiger partial charge in [0.15, 0.2) is 0 Å². The number of hydrogen-bond donors (Lipinski definition) is 1. The van der Waals surface area contributed by atoms with Gasteiger partial charge >= 0.3 is 0 Å². The lowest BCUT2D eigenvalue weighted by Gasteiger charge is -1.96. The second kappa shape index (κ2) is 5.90. The zero-order valence-corrected chi connectivity index (χ0v) is 10.2. The van der Waals surface area contributed by atoms with Crippen LogP contribution in [0.5, 0.6) is 0 Å². The fourth-order valence-corrected chi connectivity index (χ4v) is 1.68. The Morgan fingerprint density at radius 3 is 2.67 bits per heavy atom. The van der Waals surface area contributed by atoms with Crippen LogP contribution < -0.4 is 0 Å². The Bertz CT molecular complexity index is 638. The molecule has 0 radical (unpaired) electrons. The average molecular weight is 256 g/mol. The Morgan fingerprint density at radius 2 is 1.89 bits per heavy atom. The first-order chi connectivity index (χ1) is 8.79. The molecule has 0 saturated heterocycles. The molecule has 2 nitrogen and oxygen atoms in total. The van der Waals surface area contributed by atoms with Crippen LogP contribution in [0.3, 0.4) is 0 Å². The normalized spacial score (nSPS) is 10.1. The predicted octanol–water partition coefficient (Wildman–Crippen LogP) is 3.55. The lowest BCUT2D eigenvalue weighted by Crippen LogP contribution is -1.87. The third kappa shape index (κ3) is 3.13. The predicted molar refractivity (Wildman–Crippen MR) is 73.3 cm³/mol. The van der Waals surface area contributed by atoms with E-state index in [-0.39, 0.29) is 0 Å². The maximum absolute atomic E-state index is 8.57. The van der Waals surface area contributed by atoms with Crippen molar-refractivity contribution in [2.45, 2.75) is 0 Å². The highest BCUT2D eigenvalue weighted by molar-refractivity contribution is 6.30. The van der Waals surface area contributed by atoms with Gasteiger partial charge < -0.3 is 5.21 Å². The topological polar surface area (TPSA) is 32.6 Å². The van der Waals surface area contributed by atoms with Gasteiger partial charge in [-0.25, -0.2) is 0 Å². The van der Waals surface area contributed by atoms with E-state index < -0.39 is 0 Å². The minimum absolute atomic E-state index is 0.659. The van der Waals surface area contributed by atoms with Gasteiger partial charge in [0.05, 0.1) is 6.21 Å². The van der Waals surface area contributed by atoms with E-state index in [4.69, 9.17) is 16.8 Å². The Balaban J connectivity index is 2.35. The lowest BCUT2D eigenvalue weighted by molar-refractivity contribution is 0.322.